The first-order valence-corrected chi connectivity index (χ1v) is 8.90. The minimum absolute atomic E-state index is 0.384. The molecule has 26 heavy (non-hydrogen) atoms. The molecule has 0 spiro atoms. The van der Waals surface area contributed by atoms with Gasteiger partial charge in [0.05, 0.1) is 22.9 Å². The second kappa shape index (κ2) is 7.68. The molecule has 2 aromatic carbocycles. The molecule has 132 valence electrons. The minimum atomic E-state index is -0.413. The highest BCUT2D eigenvalue weighted by Gasteiger charge is 2.12. The van der Waals surface area contributed by atoms with E-state index in [-0.39, 0.29) is 5.91 Å². The highest BCUT2D eigenvalue weighted by atomic mass is 35.5. The lowest BCUT2D eigenvalue weighted by atomic mass is 10.2. The number of methoxy groups -OCH3 is 1. The van der Waals surface area contributed by atoms with Crippen LogP contribution in [0.1, 0.15) is 20.7 Å². The van der Waals surface area contributed by atoms with Crippen molar-refractivity contribution in [1.29, 1.82) is 0 Å². The lowest BCUT2D eigenvalue weighted by Crippen LogP contribution is -2.16. The van der Waals surface area contributed by atoms with E-state index in [0.29, 0.717) is 27.5 Å². The third kappa shape index (κ3) is 3.61. The van der Waals surface area contributed by atoms with Gasteiger partial charge in [0, 0.05) is 17.1 Å². The van der Waals surface area contributed by atoms with Crippen LogP contribution in [0, 0.1) is 0 Å². The Labute approximate surface area is 158 Å². The molecule has 0 bridgehead atoms. The van der Waals surface area contributed by atoms with Crippen LogP contribution in [0.2, 0.25) is 5.02 Å². The van der Waals surface area contributed by atoms with Crippen molar-refractivity contribution in [3.8, 4) is 0 Å². The number of ether oxygens (including phenoxy) is 1. The number of fused-ring (bicyclic) bond motifs is 1. The van der Waals surface area contributed by atoms with Gasteiger partial charge in [-0.25, -0.2) is 4.79 Å². The Morgan fingerprint density at radius 2 is 2.08 bits per heavy atom. The lowest BCUT2D eigenvalue weighted by Gasteiger charge is -2.02. The second-order valence-electron chi connectivity index (χ2n) is 5.39. The van der Waals surface area contributed by atoms with Crippen molar-refractivity contribution in [2.24, 2.45) is 4.99 Å². The number of esters is 1. The van der Waals surface area contributed by atoms with Gasteiger partial charge in [0.15, 0.2) is 4.80 Å². The normalized spacial score (nSPS) is 11.5. The Morgan fingerprint density at radius 3 is 2.77 bits per heavy atom. The zero-order valence-corrected chi connectivity index (χ0v) is 15.5. The highest BCUT2D eigenvalue weighted by Crippen LogP contribution is 2.20. The van der Waals surface area contributed by atoms with Crippen molar-refractivity contribution in [3.63, 3.8) is 0 Å². The molecule has 0 atom stereocenters. The summed E-state index contributed by atoms with van der Waals surface area (Å²) in [6.45, 7) is 4.24. The predicted molar refractivity (Wildman–Crippen MR) is 103 cm³/mol. The van der Waals surface area contributed by atoms with Crippen molar-refractivity contribution >= 4 is 45.0 Å². The summed E-state index contributed by atoms with van der Waals surface area (Å²) in [6, 6.07) is 11.9. The fourth-order valence-corrected chi connectivity index (χ4v) is 3.75. The first kappa shape index (κ1) is 18.1. The number of benzene rings is 2. The molecule has 0 aliphatic heterocycles. The van der Waals surface area contributed by atoms with Gasteiger partial charge in [-0.15, -0.1) is 6.58 Å². The molecule has 3 aromatic rings. The van der Waals surface area contributed by atoms with Crippen LogP contribution in [0.3, 0.4) is 0 Å². The quantitative estimate of drug-likeness (QED) is 0.501. The fraction of sp³-hybridized carbons (Fsp3) is 0.105. The van der Waals surface area contributed by atoms with E-state index in [2.05, 4.69) is 11.6 Å². The second-order valence-corrected chi connectivity index (χ2v) is 6.83. The van der Waals surface area contributed by atoms with Crippen LogP contribution >= 0.6 is 22.9 Å². The van der Waals surface area contributed by atoms with E-state index in [1.54, 1.807) is 42.5 Å². The Kier molecular flexibility index (Phi) is 5.35. The van der Waals surface area contributed by atoms with E-state index in [4.69, 9.17) is 16.3 Å². The number of hydrogen-bond acceptors (Lipinski definition) is 4. The fourth-order valence-electron chi connectivity index (χ4n) is 2.48. The molecular formula is C19H15ClN2O3S. The zero-order chi connectivity index (χ0) is 18.7. The van der Waals surface area contributed by atoms with Gasteiger partial charge in [-0.2, -0.15) is 4.99 Å². The van der Waals surface area contributed by atoms with E-state index in [0.717, 1.165) is 10.2 Å². The number of carbonyl (C=O) groups excluding carboxylic acids is 2. The molecule has 0 saturated heterocycles. The van der Waals surface area contributed by atoms with Crippen LogP contribution in [0.5, 0.6) is 0 Å². The maximum Gasteiger partial charge on any atom is 0.337 e. The maximum atomic E-state index is 12.5. The van der Waals surface area contributed by atoms with Gasteiger partial charge in [-0.3, -0.25) is 4.79 Å². The van der Waals surface area contributed by atoms with Crippen LogP contribution in [-0.2, 0) is 11.3 Å². The van der Waals surface area contributed by atoms with Gasteiger partial charge in [-0.1, -0.05) is 35.1 Å². The standard InChI is InChI=1S/C19H15ClN2O3S/c1-3-9-22-15-8-7-13(18(24)25-2)11-16(15)26-19(22)21-17(23)12-5-4-6-14(20)10-12/h3-8,10-11H,1,9H2,2H3. The van der Waals surface area contributed by atoms with Crippen LogP contribution in [0.4, 0.5) is 0 Å². The average molecular weight is 387 g/mol. The van der Waals surface area contributed by atoms with Crippen LogP contribution < -0.4 is 4.80 Å². The molecule has 1 amide bonds. The van der Waals surface area contributed by atoms with Gasteiger partial charge >= 0.3 is 5.97 Å². The zero-order valence-electron chi connectivity index (χ0n) is 13.9. The Balaban J connectivity index is 2.14. The highest BCUT2D eigenvalue weighted by molar-refractivity contribution is 7.16. The van der Waals surface area contributed by atoms with E-state index in [9.17, 15) is 9.59 Å². The monoisotopic (exact) mass is 386 g/mol. The molecule has 0 unspecified atom stereocenters. The maximum absolute atomic E-state index is 12.5. The number of allylic oxidation sites excluding steroid dienone is 1. The largest absolute Gasteiger partial charge is 0.465 e. The minimum Gasteiger partial charge on any atom is -0.465 e. The summed E-state index contributed by atoms with van der Waals surface area (Å²) in [6.07, 6.45) is 1.73. The molecule has 0 aliphatic carbocycles. The molecule has 0 fully saturated rings. The Morgan fingerprint density at radius 1 is 1.27 bits per heavy atom. The van der Waals surface area contributed by atoms with E-state index in [1.165, 1.54) is 18.4 Å². The number of amides is 1. The van der Waals surface area contributed by atoms with Crippen molar-refractivity contribution < 1.29 is 14.3 Å². The van der Waals surface area contributed by atoms with Crippen molar-refractivity contribution in [2.45, 2.75) is 6.54 Å². The number of hydrogen-bond donors (Lipinski definition) is 0. The van der Waals surface area contributed by atoms with Crippen molar-refractivity contribution in [2.75, 3.05) is 7.11 Å². The molecule has 7 heteroatoms. The Bertz CT molecular complexity index is 1080. The summed E-state index contributed by atoms with van der Waals surface area (Å²) >= 11 is 7.26. The summed E-state index contributed by atoms with van der Waals surface area (Å²) in [4.78, 5) is 29.0. The molecule has 0 saturated carbocycles. The summed E-state index contributed by atoms with van der Waals surface area (Å²) < 4.78 is 7.45. The number of aromatic nitrogens is 1. The number of nitrogens with zero attached hydrogens (tertiary/aromatic N) is 2. The number of rotatable bonds is 4. The van der Waals surface area contributed by atoms with Gasteiger partial charge in [0.25, 0.3) is 5.91 Å². The summed E-state index contributed by atoms with van der Waals surface area (Å²) in [5.74, 6) is -0.797. The van der Waals surface area contributed by atoms with E-state index in [1.807, 2.05) is 10.6 Å². The van der Waals surface area contributed by atoms with Gasteiger partial charge in [-0.05, 0) is 36.4 Å². The lowest BCUT2D eigenvalue weighted by molar-refractivity contribution is 0.0601. The van der Waals surface area contributed by atoms with Crippen LogP contribution in [-0.4, -0.2) is 23.6 Å². The smallest absolute Gasteiger partial charge is 0.337 e. The third-order valence-corrected chi connectivity index (χ3v) is 4.96. The van der Waals surface area contributed by atoms with Crippen LogP contribution in [0.25, 0.3) is 10.2 Å². The SMILES string of the molecule is C=CCn1c(=NC(=O)c2cccc(Cl)c2)sc2cc(C(=O)OC)ccc21. The molecule has 0 N–H and O–H groups in total. The summed E-state index contributed by atoms with van der Waals surface area (Å²) in [5.41, 5.74) is 1.72. The molecule has 0 aliphatic rings. The van der Waals surface area contributed by atoms with E-state index >= 15 is 0 Å². The molecule has 0 radical (unpaired) electrons. The molecule has 1 heterocycles. The topological polar surface area (TPSA) is 60.7 Å². The number of thiazole rings is 1. The first-order chi connectivity index (χ1) is 12.5. The molecule has 1 aromatic heterocycles. The van der Waals surface area contributed by atoms with Crippen LogP contribution in [0.15, 0.2) is 60.1 Å². The first-order valence-electron chi connectivity index (χ1n) is 7.70. The van der Waals surface area contributed by atoms with Gasteiger partial charge < -0.3 is 9.30 Å². The summed E-state index contributed by atoms with van der Waals surface area (Å²) in [7, 11) is 1.34. The Hall–Kier alpha value is -2.70. The predicted octanol–water partition coefficient (Wildman–Crippen LogP) is 4.07. The van der Waals surface area contributed by atoms with Crippen molar-refractivity contribution in [1.82, 2.24) is 4.57 Å². The summed E-state index contributed by atoms with van der Waals surface area (Å²) in [5, 5.41) is 0.476. The number of carbonyl (C=O) groups is 2. The average Bonchev–Trinajstić information content (AvgIpc) is 2.97. The van der Waals surface area contributed by atoms with Crippen molar-refractivity contribution in [3.05, 3.63) is 76.1 Å². The molecule has 3 rings (SSSR count). The van der Waals surface area contributed by atoms with Gasteiger partial charge in [0.1, 0.15) is 0 Å². The van der Waals surface area contributed by atoms with E-state index < -0.39 is 5.97 Å². The number of halogens is 1. The molecule has 5 nitrogen and oxygen atoms in total. The molecular weight excluding hydrogens is 372 g/mol. The van der Waals surface area contributed by atoms with Gasteiger partial charge in [0.2, 0.25) is 0 Å². The third-order valence-electron chi connectivity index (χ3n) is 3.68.